The molecule has 2 aromatic carbocycles. The summed E-state index contributed by atoms with van der Waals surface area (Å²) in [5.41, 5.74) is 0.609. The minimum Gasteiger partial charge on any atom is -0.368 e. The van der Waals surface area contributed by atoms with E-state index < -0.39 is 16.4 Å². The molecule has 0 N–H and O–H groups in total. The third kappa shape index (κ3) is 3.19. The second-order valence-electron chi connectivity index (χ2n) is 5.54. The lowest BCUT2D eigenvalue weighted by Gasteiger charge is -2.36. The molecule has 24 heavy (non-hydrogen) atoms. The lowest BCUT2D eigenvalue weighted by Crippen LogP contribution is -2.48. The highest BCUT2D eigenvalue weighted by Gasteiger charge is 2.24. The molecule has 1 aliphatic rings. The Kier molecular flexibility index (Phi) is 4.41. The van der Waals surface area contributed by atoms with E-state index in [0.29, 0.717) is 26.2 Å². The second-order valence-corrected chi connectivity index (χ2v) is 5.54. The number of carbonyl (C=O) groups excluding carboxylic acids is 1. The molecule has 0 unspecified atom stereocenters. The molecule has 1 saturated heterocycles. The van der Waals surface area contributed by atoms with Gasteiger partial charge >= 0.3 is 5.69 Å². The van der Waals surface area contributed by atoms with Gasteiger partial charge in [0.25, 0.3) is 5.91 Å². The van der Waals surface area contributed by atoms with E-state index in [1.165, 1.54) is 6.07 Å². The Morgan fingerprint density at radius 2 is 1.71 bits per heavy atom. The maximum absolute atomic E-state index is 13.7. The quantitative estimate of drug-likeness (QED) is 0.641. The van der Waals surface area contributed by atoms with Gasteiger partial charge in [0, 0.05) is 43.5 Å². The first-order chi connectivity index (χ1) is 11.6. The summed E-state index contributed by atoms with van der Waals surface area (Å²) in [7, 11) is 0. The molecule has 6 nitrogen and oxygen atoms in total. The van der Waals surface area contributed by atoms with Gasteiger partial charge in [-0.15, -0.1) is 0 Å². The Hall–Kier alpha value is -2.96. The number of anilines is 1. The first-order valence-electron chi connectivity index (χ1n) is 7.59. The van der Waals surface area contributed by atoms with Crippen molar-refractivity contribution in [3.63, 3.8) is 0 Å². The number of piperazine rings is 1. The first-order valence-corrected chi connectivity index (χ1v) is 7.59. The average Bonchev–Trinajstić information content (AvgIpc) is 2.61. The zero-order valence-corrected chi connectivity index (χ0v) is 12.9. The Bertz CT molecular complexity index is 759. The van der Waals surface area contributed by atoms with Crippen LogP contribution in [0.25, 0.3) is 0 Å². The van der Waals surface area contributed by atoms with Crippen molar-refractivity contribution < 1.29 is 14.1 Å². The maximum Gasteiger partial charge on any atom is 0.304 e. The molecule has 0 spiro atoms. The smallest absolute Gasteiger partial charge is 0.304 e. The van der Waals surface area contributed by atoms with Crippen LogP contribution in [0, 0.1) is 15.9 Å². The lowest BCUT2D eigenvalue weighted by molar-refractivity contribution is -0.387. The van der Waals surface area contributed by atoms with E-state index >= 15 is 0 Å². The van der Waals surface area contributed by atoms with Gasteiger partial charge in [-0.25, -0.2) is 0 Å². The van der Waals surface area contributed by atoms with E-state index in [9.17, 15) is 19.3 Å². The number of carbonyl (C=O) groups is 1. The Labute approximate surface area is 138 Å². The summed E-state index contributed by atoms with van der Waals surface area (Å²) in [6.45, 7) is 2.41. The van der Waals surface area contributed by atoms with Gasteiger partial charge in [-0.05, 0) is 24.3 Å². The molecule has 7 heteroatoms. The van der Waals surface area contributed by atoms with E-state index in [2.05, 4.69) is 4.90 Å². The van der Waals surface area contributed by atoms with Crippen LogP contribution in [0.3, 0.4) is 0 Å². The number of nitrogens with zero attached hydrogens (tertiary/aromatic N) is 3. The number of rotatable bonds is 3. The maximum atomic E-state index is 13.7. The molecule has 1 aliphatic heterocycles. The third-order valence-corrected chi connectivity index (χ3v) is 4.08. The van der Waals surface area contributed by atoms with Crippen LogP contribution in [0.2, 0.25) is 0 Å². The Balaban J connectivity index is 1.67. The fraction of sp³-hybridized carbons (Fsp3) is 0.235. The normalized spacial score (nSPS) is 14.5. The monoisotopic (exact) mass is 329 g/mol. The van der Waals surface area contributed by atoms with Crippen LogP contribution in [0.15, 0.2) is 48.5 Å². The van der Waals surface area contributed by atoms with Crippen molar-refractivity contribution in [2.24, 2.45) is 0 Å². The number of para-hydroxylation sites is 1. The van der Waals surface area contributed by atoms with Gasteiger partial charge in [-0.1, -0.05) is 18.2 Å². The first kappa shape index (κ1) is 15.9. The number of nitro benzene ring substituents is 1. The number of benzene rings is 2. The fourth-order valence-corrected chi connectivity index (χ4v) is 2.78. The summed E-state index contributed by atoms with van der Waals surface area (Å²) in [6.07, 6.45) is 0. The standard InChI is InChI=1S/C17H16FN3O3/c18-15-12-13(6-7-16(15)21(23)24)17(22)20-10-8-19(9-11-20)14-4-2-1-3-5-14/h1-7,12H,8-11H2. The molecule has 1 fully saturated rings. The lowest BCUT2D eigenvalue weighted by atomic mass is 10.1. The topological polar surface area (TPSA) is 66.7 Å². The molecule has 0 radical (unpaired) electrons. The van der Waals surface area contributed by atoms with Crippen LogP contribution in [-0.4, -0.2) is 41.9 Å². The number of hydrogen-bond donors (Lipinski definition) is 0. The van der Waals surface area contributed by atoms with Crippen molar-refractivity contribution in [1.29, 1.82) is 0 Å². The van der Waals surface area contributed by atoms with Crippen molar-refractivity contribution >= 4 is 17.3 Å². The zero-order chi connectivity index (χ0) is 17.1. The third-order valence-electron chi connectivity index (χ3n) is 4.08. The van der Waals surface area contributed by atoms with Crippen LogP contribution in [0.4, 0.5) is 15.8 Å². The Morgan fingerprint density at radius 3 is 2.29 bits per heavy atom. The molecule has 124 valence electrons. The van der Waals surface area contributed by atoms with Gasteiger partial charge in [-0.3, -0.25) is 14.9 Å². The largest absolute Gasteiger partial charge is 0.368 e. The molecule has 1 amide bonds. The highest BCUT2D eigenvalue weighted by molar-refractivity contribution is 5.94. The predicted molar refractivity (Wildman–Crippen MR) is 87.6 cm³/mol. The molecule has 0 aliphatic carbocycles. The summed E-state index contributed by atoms with van der Waals surface area (Å²) < 4.78 is 13.7. The van der Waals surface area contributed by atoms with E-state index in [0.717, 1.165) is 17.8 Å². The van der Waals surface area contributed by atoms with E-state index in [-0.39, 0.29) is 11.5 Å². The van der Waals surface area contributed by atoms with Crippen LogP contribution in [-0.2, 0) is 0 Å². The SMILES string of the molecule is O=C(c1ccc([N+](=O)[O-])c(F)c1)N1CCN(c2ccccc2)CC1. The van der Waals surface area contributed by atoms with Gasteiger partial charge in [0.1, 0.15) is 0 Å². The molecule has 0 bridgehead atoms. The molecule has 0 atom stereocenters. The number of amides is 1. The van der Waals surface area contributed by atoms with Crippen molar-refractivity contribution in [2.75, 3.05) is 31.1 Å². The Morgan fingerprint density at radius 1 is 1.04 bits per heavy atom. The zero-order valence-electron chi connectivity index (χ0n) is 12.9. The fourth-order valence-electron chi connectivity index (χ4n) is 2.78. The van der Waals surface area contributed by atoms with Crippen LogP contribution in [0.5, 0.6) is 0 Å². The minimum absolute atomic E-state index is 0.131. The van der Waals surface area contributed by atoms with E-state index in [1.807, 2.05) is 30.3 Å². The van der Waals surface area contributed by atoms with Gasteiger partial charge in [0.2, 0.25) is 5.82 Å². The van der Waals surface area contributed by atoms with Crippen molar-refractivity contribution in [3.8, 4) is 0 Å². The van der Waals surface area contributed by atoms with Gasteiger partial charge in [0.15, 0.2) is 0 Å². The molecule has 0 aromatic heterocycles. The predicted octanol–water partition coefficient (Wildman–Crippen LogP) is 2.70. The van der Waals surface area contributed by atoms with Gasteiger partial charge in [0.05, 0.1) is 4.92 Å². The summed E-state index contributed by atoms with van der Waals surface area (Å²) in [6, 6.07) is 13.2. The van der Waals surface area contributed by atoms with Gasteiger partial charge < -0.3 is 9.80 Å². The molecule has 0 saturated carbocycles. The number of halogens is 1. The van der Waals surface area contributed by atoms with E-state index in [4.69, 9.17) is 0 Å². The average molecular weight is 329 g/mol. The molecular formula is C17H16FN3O3. The minimum atomic E-state index is -0.992. The molecular weight excluding hydrogens is 313 g/mol. The van der Waals surface area contributed by atoms with Crippen LogP contribution >= 0.6 is 0 Å². The molecule has 1 heterocycles. The summed E-state index contributed by atoms with van der Waals surface area (Å²) >= 11 is 0. The van der Waals surface area contributed by atoms with E-state index in [1.54, 1.807) is 4.90 Å². The summed E-state index contributed by atoms with van der Waals surface area (Å²) in [5, 5.41) is 10.6. The highest BCUT2D eigenvalue weighted by Crippen LogP contribution is 2.20. The van der Waals surface area contributed by atoms with Crippen molar-refractivity contribution in [1.82, 2.24) is 4.90 Å². The van der Waals surface area contributed by atoms with Crippen LogP contribution < -0.4 is 4.90 Å². The van der Waals surface area contributed by atoms with Gasteiger partial charge in [-0.2, -0.15) is 4.39 Å². The highest BCUT2D eigenvalue weighted by atomic mass is 19.1. The van der Waals surface area contributed by atoms with Crippen molar-refractivity contribution in [3.05, 3.63) is 70.0 Å². The van der Waals surface area contributed by atoms with Crippen molar-refractivity contribution in [2.45, 2.75) is 0 Å². The molecule has 2 aromatic rings. The second kappa shape index (κ2) is 6.66. The summed E-state index contributed by atoms with van der Waals surface area (Å²) in [5.74, 6) is -1.30. The number of nitro groups is 1. The molecule has 3 rings (SSSR count). The van der Waals surface area contributed by atoms with Crippen LogP contribution in [0.1, 0.15) is 10.4 Å². The summed E-state index contributed by atoms with van der Waals surface area (Å²) in [4.78, 5) is 26.1. The number of hydrogen-bond acceptors (Lipinski definition) is 4.